The van der Waals surface area contributed by atoms with Gasteiger partial charge in [-0.3, -0.25) is 15.1 Å². The van der Waals surface area contributed by atoms with Crippen LogP contribution < -0.4 is 10.1 Å². The van der Waals surface area contributed by atoms with E-state index < -0.39 is 4.92 Å². The van der Waals surface area contributed by atoms with Crippen LogP contribution in [0.2, 0.25) is 0 Å². The number of para-hydroxylation sites is 1. The van der Waals surface area contributed by atoms with Crippen LogP contribution in [0, 0.1) is 10.1 Å². The molecule has 2 aromatic carbocycles. The summed E-state index contributed by atoms with van der Waals surface area (Å²) in [5.74, 6) is 0.781. The van der Waals surface area contributed by atoms with E-state index in [9.17, 15) is 10.1 Å². The Labute approximate surface area is 139 Å². The van der Waals surface area contributed by atoms with Gasteiger partial charge in [-0.15, -0.1) is 0 Å². The Hall–Kier alpha value is -3.15. The molecule has 0 saturated carbocycles. The number of pyridine rings is 1. The van der Waals surface area contributed by atoms with E-state index in [0.717, 1.165) is 35.3 Å². The van der Waals surface area contributed by atoms with Crippen molar-refractivity contribution in [3.63, 3.8) is 0 Å². The van der Waals surface area contributed by atoms with E-state index >= 15 is 0 Å². The second-order valence-electron chi connectivity index (χ2n) is 5.26. The standard InChI is InChI=1S/C18H17N3O3/c22-21(23)16-9-7-15(8-10-16)19-12-3-13-24-17-6-1-4-14-5-2-11-20-18(14)17/h1-2,4-11,19H,3,12-13H2. The molecular weight excluding hydrogens is 306 g/mol. The average molecular weight is 323 g/mol. The lowest BCUT2D eigenvalue weighted by molar-refractivity contribution is -0.384. The molecule has 0 unspecified atom stereocenters. The minimum atomic E-state index is -0.407. The summed E-state index contributed by atoms with van der Waals surface area (Å²) in [7, 11) is 0. The summed E-state index contributed by atoms with van der Waals surface area (Å²) in [5.41, 5.74) is 1.81. The molecule has 24 heavy (non-hydrogen) atoms. The number of anilines is 1. The lowest BCUT2D eigenvalue weighted by Gasteiger charge is -2.09. The van der Waals surface area contributed by atoms with Crippen LogP contribution >= 0.6 is 0 Å². The largest absolute Gasteiger partial charge is 0.491 e. The van der Waals surface area contributed by atoms with Gasteiger partial charge in [0, 0.05) is 35.9 Å². The van der Waals surface area contributed by atoms with Gasteiger partial charge >= 0.3 is 0 Å². The molecule has 0 fully saturated rings. The highest BCUT2D eigenvalue weighted by Crippen LogP contribution is 2.23. The second kappa shape index (κ2) is 7.41. The van der Waals surface area contributed by atoms with Gasteiger partial charge in [0.15, 0.2) is 0 Å². The monoisotopic (exact) mass is 323 g/mol. The van der Waals surface area contributed by atoms with Crippen molar-refractivity contribution >= 4 is 22.3 Å². The zero-order valence-corrected chi connectivity index (χ0v) is 13.0. The molecule has 0 amide bonds. The topological polar surface area (TPSA) is 77.3 Å². The van der Waals surface area contributed by atoms with Crippen LogP contribution in [-0.4, -0.2) is 23.1 Å². The van der Waals surface area contributed by atoms with Crippen molar-refractivity contribution in [3.05, 3.63) is 70.9 Å². The summed E-state index contributed by atoms with van der Waals surface area (Å²) < 4.78 is 5.82. The van der Waals surface area contributed by atoms with Crippen molar-refractivity contribution in [2.45, 2.75) is 6.42 Å². The molecule has 6 heteroatoms. The van der Waals surface area contributed by atoms with E-state index in [0.29, 0.717) is 6.61 Å². The zero-order chi connectivity index (χ0) is 16.8. The average Bonchev–Trinajstić information content (AvgIpc) is 2.62. The second-order valence-corrected chi connectivity index (χ2v) is 5.26. The van der Waals surface area contributed by atoms with E-state index in [1.807, 2.05) is 30.3 Å². The fraction of sp³-hybridized carbons (Fsp3) is 0.167. The molecule has 0 aliphatic heterocycles. The van der Waals surface area contributed by atoms with E-state index in [4.69, 9.17) is 4.74 Å². The molecule has 1 heterocycles. The van der Waals surface area contributed by atoms with Gasteiger partial charge in [0.25, 0.3) is 5.69 Å². The highest BCUT2D eigenvalue weighted by atomic mass is 16.6. The molecule has 3 aromatic rings. The van der Waals surface area contributed by atoms with Crippen molar-refractivity contribution in [2.75, 3.05) is 18.5 Å². The number of nitrogens with one attached hydrogen (secondary N) is 1. The van der Waals surface area contributed by atoms with Gasteiger partial charge in [-0.05, 0) is 30.7 Å². The lowest BCUT2D eigenvalue weighted by Crippen LogP contribution is -2.07. The number of hydrogen-bond donors (Lipinski definition) is 1. The number of fused-ring (bicyclic) bond motifs is 1. The number of nitro benzene ring substituents is 1. The number of benzene rings is 2. The van der Waals surface area contributed by atoms with Gasteiger partial charge in [0.2, 0.25) is 0 Å². The Morgan fingerprint density at radius 2 is 1.88 bits per heavy atom. The number of nitrogens with zero attached hydrogens (tertiary/aromatic N) is 2. The van der Waals surface area contributed by atoms with Crippen LogP contribution in [0.3, 0.4) is 0 Å². The summed E-state index contributed by atoms with van der Waals surface area (Å²) in [5, 5.41) is 14.9. The predicted molar refractivity (Wildman–Crippen MR) is 93.4 cm³/mol. The van der Waals surface area contributed by atoms with Gasteiger partial charge in [0.1, 0.15) is 11.3 Å². The van der Waals surface area contributed by atoms with Crippen molar-refractivity contribution in [1.82, 2.24) is 4.98 Å². The van der Waals surface area contributed by atoms with Gasteiger partial charge in [-0.1, -0.05) is 18.2 Å². The third kappa shape index (κ3) is 3.78. The van der Waals surface area contributed by atoms with Crippen LogP contribution in [0.25, 0.3) is 10.9 Å². The van der Waals surface area contributed by atoms with E-state index in [1.54, 1.807) is 18.3 Å². The molecule has 0 atom stereocenters. The molecule has 1 aromatic heterocycles. The smallest absolute Gasteiger partial charge is 0.269 e. The summed E-state index contributed by atoms with van der Waals surface area (Å²) in [6.45, 7) is 1.28. The highest BCUT2D eigenvalue weighted by Gasteiger charge is 2.04. The molecular formula is C18H17N3O3. The van der Waals surface area contributed by atoms with Crippen molar-refractivity contribution in [3.8, 4) is 5.75 Å². The van der Waals surface area contributed by atoms with Crippen molar-refractivity contribution < 1.29 is 9.66 Å². The number of aromatic nitrogens is 1. The van der Waals surface area contributed by atoms with Crippen LogP contribution in [0.5, 0.6) is 5.75 Å². The van der Waals surface area contributed by atoms with E-state index in [2.05, 4.69) is 10.3 Å². The van der Waals surface area contributed by atoms with Crippen LogP contribution in [-0.2, 0) is 0 Å². The minimum Gasteiger partial charge on any atom is -0.491 e. The molecule has 0 aliphatic rings. The van der Waals surface area contributed by atoms with Crippen molar-refractivity contribution in [1.29, 1.82) is 0 Å². The third-order valence-electron chi connectivity index (χ3n) is 3.58. The Bertz CT molecular complexity index is 829. The normalized spacial score (nSPS) is 10.5. The molecule has 6 nitrogen and oxygen atoms in total. The summed E-state index contributed by atoms with van der Waals surface area (Å²) in [4.78, 5) is 14.6. The van der Waals surface area contributed by atoms with Crippen LogP contribution in [0.4, 0.5) is 11.4 Å². The van der Waals surface area contributed by atoms with Gasteiger partial charge < -0.3 is 10.1 Å². The predicted octanol–water partition coefficient (Wildman–Crippen LogP) is 4.02. The summed E-state index contributed by atoms with van der Waals surface area (Å²) in [6.07, 6.45) is 2.56. The molecule has 0 radical (unpaired) electrons. The summed E-state index contributed by atoms with van der Waals surface area (Å²) >= 11 is 0. The number of non-ortho nitro benzene ring substituents is 1. The summed E-state index contributed by atoms with van der Waals surface area (Å²) in [6, 6.07) is 16.2. The Kier molecular flexibility index (Phi) is 4.86. The first kappa shape index (κ1) is 15.7. The van der Waals surface area contributed by atoms with Crippen molar-refractivity contribution in [2.24, 2.45) is 0 Å². The first-order chi connectivity index (χ1) is 11.7. The number of hydrogen-bond acceptors (Lipinski definition) is 5. The Morgan fingerprint density at radius 1 is 1.08 bits per heavy atom. The van der Waals surface area contributed by atoms with Gasteiger partial charge in [-0.2, -0.15) is 0 Å². The lowest BCUT2D eigenvalue weighted by atomic mass is 10.2. The van der Waals surface area contributed by atoms with Gasteiger partial charge in [-0.25, -0.2) is 0 Å². The highest BCUT2D eigenvalue weighted by molar-refractivity contribution is 5.84. The van der Waals surface area contributed by atoms with E-state index in [1.165, 1.54) is 12.1 Å². The maximum absolute atomic E-state index is 10.6. The maximum Gasteiger partial charge on any atom is 0.269 e. The molecule has 122 valence electrons. The number of nitro groups is 1. The zero-order valence-electron chi connectivity index (χ0n) is 13.0. The Morgan fingerprint density at radius 3 is 2.67 bits per heavy atom. The molecule has 1 N–H and O–H groups in total. The Balaban J connectivity index is 1.47. The maximum atomic E-state index is 10.6. The fourth-order valence-corrected chi connectivity index (χ4v) is 2.38. The van der Waals surface area contributed by atoms with Gasteiger partial charge in [0.05, 0.1) is 11.5 Å². The number of ether oxygens (including phenoxy) is 1. The quantitative estimate of drug-likeness (QED) is 0.403. The van der Waals surface area contributed by atoms with E-state index in [-0.39, 0.29) is 5.69 Å². The first-order valence-corrected chi connectivity index (χ1v) is 7.69. The molecule has 0 bridgehead atoms. The van der Waals surface area contributed by atoms with Crippen LogP contribution in [0.1, 0.15) is 6.42 Å². The fourth-order valence-electron chi connectivity index (χ4n) is 2.38. The third-order valence-corrected chi connectivity index (χ3v) is 3.58. The first-order valence-electron chi connectivity index (χ1n) is 7.69. The SMILES string of the molecule is O=[N+]([O-])c1ccc(NCCCOc2cccc3cccnc23)cc1. The molecule has 0 saturated heterocycles. The minimum absolute atomic E-state index is 0.0901. The molecule has 0 aliphatic carbocycles. The van der Waals surface area contributed by atoms with Crippen LogP contribution in [0.15, 0.2) is 60.8 Å². The molecule has 0 spiro atoms. The molecule has 3 rings (SSSR count). The number of rotatable bonds is 7.